The zero-order valence-electron chi connectivity index (χ0n) is 18.9. The van der Waals surface area contributed by atoms with E-state index in [-0.39, 0.29) is 11.8 Å². The van der Waals surface area contributed by atoms with E-state index < -0.39 is 0 Å². The van der Waals surface area contributed by atoms with Gasteiger partial charge in [0.25, 0.3) is 11.8 Å². The number of piperazine rings is 1. The summed E-state index contributed by atoms with van der Waals surface area (Å²) in [5.41, 5.74) is 2.18. The van der Waals surface area contributed by atoms with Gasteiger partial charge in [-0.15, -0.1) is 0 Å². The normalized spacial score (nSPS) is 14.0. The molecular weight excluding hydrogens is 414 g/mol. The topological polar surface area (TPSA) is 53.1 Å². The van der Waals surface area contributed by atoms with Crippen LogP contribution in [-0.4, -0.2) is 68.0 Å². The second-order valence-electron chi connectivity index (χ2n) is 8.02. The molecule has 0 aromatic heterocycles. The smallest absolute Gasteiger partial charge is 0.260 e. The van der Waals surface area contributed by atoms with Gasteiger partial charge in [-0.1, -0.05) is 42.5 Å². The first-order valence-electron chi connectivity index (χ1n) is 11.2. The van der Waals surface area contributed by atoms with Crippen LogP contribution in [0.2, 0.25) is 0 Å². The number of imide groups is 1. The summed E-state index contributed by atoms with van der Waals surface area (Å²) in [7, 11) is 1.68. The van der Waals surface area contributed by atoms with Crippen LogP contribution in [0.15, 0.2) is 84.9 Å². The third-order valence-corrected chi connectivity index (χ3v) is 5.96. The first-order valence-corrected chi connectivity index (χ1v) is 11.2. The maximum Gasteiger partial charge on any atom is 0.260 e. The maximum absolute atomic E-state index is 13.2. The van der Waals surface area contributed by atoms with Crippen molar-refractivity contribution in [2.75, 3.05) is 51.3 Å². The minimum atomic E-state index is -0.264. The molecule has 0 spiro atoms. The number of carbonyl (C=O) groups excluding carboxylic acids is 2. The van der Waals surface area contributed by atoms with Crippen LogP contribution in [0.5, 0.6) is 5.75 Å². The summed E-state index contributed by atoms with van der Waals surface area (Å²) in [6.07, 6.45) is 0. The van der Waals surface area contributed by atoms with Crippen molar-refractivity contribution in [3.05, 3.63) is 96.1 Å². The van der Waals surface area contributed by atoms with Gasteiger partial charge in [0.2, 0.25) is 0 Å². The Morgan fingerprint density at radius 3 is 1.91 bits per heavy atom. The average molecular weight is 444 g/mol. The average Bonchev–Trinajstić information content (AvgIpc) is 2.90. The van der Waals surface area contributed by atoms with Gasteiger partial charge < -0.3 is 9.64 Å². The fraction of sp³-hybridized carbons (Fsp3) is 0.259. The monoisotopic (exact) mass is 443 g/mol. The van der Waals surface area contributed by atoms with Gasteiger partial charge in [-0.25, -0.2) is 0 Å². The van der Waals surface area contributed by atoms with Gasteiger partial charge >= 0.3 is 0 Å². The first-order chi connectivity index (χ1) is 16.2. The zero-order valence-corrected chi connectivity index (χ0v) is 18.9. The molecule has 6 nitrogen and oxygen atoms in total. The predicted molar refractivity (Wildman–Crippen MR) is 130 cm³/mol. The molecule has 1 saturated heterocycles. The number of methoxy groups -OCH3 is 1. The number of nitrogens with zero attached hydrogens (tertiary/aromatic N) is 3. The van der Waals surface area contributed by atoms with Gasteiger partial charge in [-0.2, -0.15) is 0 Å². The highest BCUT2D eigenvalue weighted by atomic mass is 16.5. The molecule has 0 atom stereocenters. The third kappa shape index (κ3) is 5.59. The Kier molecular flexibility index (Phi) is 7.37. The number of hydrogen-bond donors (Lipinski definition) is 0. The Hall–Kier alpha value is -3.64. The Bertz CT molecular complexity index is 1010. The van der Waals surface area contributed by atoms with E-state index in [9.17, 15) is 9.59 Å². The molecule has 0 bridgehead atoms. The van der Waals surface area contributed by atoms with Crippen LogP contribution < -0.4 is 9.64 Å². The zero-order chi connectivity index (χ0) is 23.0. The number of anilines is 1. The van der Waals surface area contributed by atoms with E-state index in [0.717, 1.165) is 37.6 Å². The van der Waals surface area contributed by atoms with E-state index in [1.165, 1.54) is 4.90 Å². The van der Waals surface area contributed by atoms with E-state index in [1.807, 2.05) is 48.5 Å². The summed E-state index contributed by atoms with van der Waals surface area (Å²) in [6, 6.07) is 26.1. The summed E-state index contributed by atoms with van der Waals surface area (Å²) < 4.78 is 5.34. The molecule has 1 aliphatic heterocycles. The molecule has 1 aliphatic rings. The first kappa shape index (κ1) is 22.6. The van der Waals surface area contributed by atoms with E-state index in [2.05, 4.69) is 21.9 Å². The van der Waals surface area contributed by atoms with Gasteiger partial charge in [-0.05, 0) is 36.4 Å². The Balaban J connectivity index is 1.41. The van der Waals surface area contributed by atoms with Crippen molar-refractivity contribution in [1.29, 1.82) is 0 Å². The standard InChI is InChI=1S/C27H29N3O3/c1-33-25-14-8-13-24(21-25)29-18-15-28(16-19-29)17-20-30(26(31)22-9-4-2-5-10-22)27(32)23-11-6-3-7-12-23/h2-14,21H,15-20H2,1H3. The van der Waals surface area contributed by atoms with E-state index >= 15 is 0 Å². The molecule has 0 radical (unpaired) electrons. The van der Waals surface area contributed by atoms with Crippen LogP contribution in [-0.2, 0) is 0 Å². The molecular formula is C27H29N3O3. The molecule has 0 saturated carbocycles. The van der Waals surface area contributed by atoms with Crippen LogP contribution in [0, 0.1) is 0 Å². The number of rotatable bonds is 7. The SMILES string of the molecule is COc1cccc(N2CCN(CCN(C(=O)c3ccccc3)C(=O)c3ccccc3)CC2)c1. The van der Waals surface area contributed by atoms with Crippen molar-refractivity contribution in [2.24, 2.45) is 0 Å². The van der Waals surface area contributed by atoms with E-state index in [4.69, 9.17) is 4.74 Å². The molecule has 1 fully saturated rings. The van der Waals surface area contributed by atoms with E-state index in [1.54, 1.807) is 31.4 Å². The summed E-state index contributed by atoms with van der Waals surface area (Å²) in [5, 5.41) is 0. The molecule has 0 aliphatic carbocycles. The lowest BCUT2D eigenvalue weighted by Crippen LogP contribution is -2.49. The van der Waals surface area contributed by atoms with Crippen molar-refractivity contribution >= 4 is 17.5 Å². The maximum atomic E-state index is 13.2. The number of ether oxygens (including phenoxy) is 1. The molecule has 0 unspecified atom stereocenters. The van der Waals surface area contributed by atoms with Crippen molar-refractivity contribution in [2.45, 2.75) is 0 Å². The van der Waals surface area contributed by atoms with Crippen molar-refractivity contribution < 1.29 is 14.3 Å². The second-order valence-corrected chi connectivity index (χ2v) is 8.02. The Morgan fingerprint density at radius 1 is 0.788 bits per heavy atom. The lowest BCUT2D eigenvalue weighted by atomic mass is 10.1. The number of benzene rings is 3. The molecule has 2 amide bonds. The Morgan fingerprint density at radius 2 is 1.36 bits per heavy atom. The summed E-state index contributed by atoms with van der Waals surface area (Å²) in [5.74, 6) is 0.323. The highest BCUT2D eigenvalue weighted by molar-refractivity contribution is 6.10. The molecule has 3 aromatic rings. The third-order valence-electron chi connectivity index (χ3n) is 5.96. The largest absolute Gasteiger partial charge is 0.497 e. The fourth-order valence-electron chi connectivity index (χ4n) is 4.05. The van der Waals surface area contributed by atoms with Gasteiger partial charge in [0.15, 0.2) is 0 Å². The van der Waals surface area contributed by atoms with E-state index in [0.29, 0.717) is 24.2 Å². The number of amides is 2. The molecule has 1 heterocycles. The van der Waals surface area contributed by atoms with Gasteiger partial charge in [-0.3, -0.25) is 19.4 Å². The molecule has 6 heteroatoms. The molecule has 170 valence electrons. The Labute approximate surface area is 195 Å². The fourth-order valence-corrected chi connectivity index (χ4v) is 4.05. The summed E-state index contributed by atoms with van der Waals surface area (Å²) in [4.78, 5) is 32.4. The van der Waals surface area contributed by atoms with Crippen LogP contribution in [0.25, 0.3) is 0 Å². The van der Waals surface area contributed by atoms with Crippen LogP contribution in [0.3, 0.4) is 0 Å². The van der Waals surface area contributed by atoms with Crippen LogP contribution in [0.4, 0.5) is 5.69 Å². The van der Waals surface area contributed by atoms with Crippen LogP contribution >= 0.6 is 0 Å². The van der Waals surface area contributed by atoms with Crippen molar-refractivity contribution in [3.63, 3.8) is 0 Å². The number of hydrogen-bond acceptors (Lipinski definition) is 5. The van der Waals surface area contributed by atoms with Crippen molar-refractivity contribution in [1.82, 2.24) is 9.80 Å². The van der Waals surface area contributed by atoms with Gasteiger partial charge in [0.1, 0.15) is 5.75 Å². The molecule has 3 aromatic carbocycles. The van der Waals surface area contributed by atoms with Crippen LogP contribution in [0.1, 0.15) is 20.7 Å². The molecule has 4 rings (SSSR count). The quantitative estimate of drug-likeness (QED) is 0.520. The van der Waals surface area contributed by atoms with Gasteiger partial charge in [0, 0.05) is 62.1 Å². The molecule has 33 heavy (non-hydrogen) atoms. The van der Waals surface area contributed by atoms with Gasteiger partial charge in [0.05, 0.1) is 7.11 Å². The lowest BCUT2D eigenvalue weighted by molar-refractivity contribution is 0.0596. The summed E-state index contributed by atoms with van der Waals surface area (Å²) in [6.45, 7) is 4.48. The summed E-state index contributed by atoms with van der Waals surface area (Å²) >= 11 is 0. The lowest BCUT2D eigenvalue weighted by Gasteiger charge is -2.37. The minimum absolute atomic E-state index is 0.264. The second kappa shape index (κ2) is 10.8. The number of carbonyl (C=O) groups is 2. The highest BCUT2D eigenvalue weighted by Gasteiger charge is 2.25. The molecule has 0 N–H and O–H groups in total. The highest BCUT2D eigenvalue weighted by Crippen LogP contribution is 2.22. The van der Waals surface area contributed by atoms with Crippen molar-refractivity contribution in [3.8, 4) is 5.75 Å². The predicted octanol–water partition coefficient (Wildman–Crippen LogP) is 3.80. The minimum Gasteiger partial charge on any atom is -0.497 e.